The second-order valence-electron chi connectivity index (χ2n) is 8.06. The smallest absolute Gasteiger partial charge is 0.282 e. The number of aryl methyl sites for hydroxylation is 3. The zero-order valence-corrected chi connectivity index (χ0v) is 19.4. The van der Waals surface area contributed by atoms with Gasteiger partial charge in [0.25, 0.3) is 11.8 Å². The third kappa shape index (κ3) is 4.20. The number of hydrogen-bond donors (Lipinski definition) is 1. The van der Waals surface area contributed by atoms with E-state index < -0.39 is 5.91 Å². The Morgan fingerprint density at radius 3 is 1.94 bits per heavy atom. The topological polar surface area (TPSA) is 67.9 Å². The van der Waals surface area contributed by atoms with Crippen LogP contribution in [-0.2, 0) is 9.59 Å². The standard InChI is InChI=1S/C27H26N2O4/c1-16-6-10-21(11-7-16)29-26(30)24(19-9-8-17(2)18(3)12-19)25(27(29)31)28-20-13-22(32-4)15-23(14-20)33-5/h6-15,28H,1-5H3. The molecule has 1 aliphatic heterocycles. The second-order valence-corrected chi connectivity index (χ2v) is 8.06. The Morgan fingerprint density at radius 2 is 1.36 bits per heavy atom. The first-order valence-corrected chi connectivity index (χ1v) is 10.6. The Kier molecular flexibility index (Phi) is 5.92. The lowest BCUT2D eigenvalue weighted by atomic mass is 9.99. The van der Waals surface area contributed by atoms with Crippen LogP contribution in [0.3, 0.4) is 0 Å². The van der Waals surface area contributed by atoms with E-state index in [0.717, 1.165) is 16.7 Å². The van der Waals surface area contributed by atoms with Crippen LogP contribution in [0, 0.1) is 20.8 Å². The zero-order chi connectivity index (χ0) is 23.7. The van der Waals surface area contributed by atoms with E-state index in [1.807, 2.05) is 51.1 Å². The van der Waals surface area contributed by atoms with Gasteiger partial charge in [-0.1, -0.05) is 35.9 Å². The number of nitrogens with one attached hydrogen (secondary N) is 1. The molecular weight excluding hydrogens is 416 g/mol. The van der Waals surface area contributed by atoms with Crippen LogP contribution in [0.5, 0.6) is 11.5 Å². The van der Waals surface area contributed by atoms with E-state index in [-0.39, 0.29) is 11.6 Å². The van der Waals surface area contributed by atoms with Crippen molar-refractivity contribution in [1.82, 2.24) is 0 Å². The summed E-state index contributed by atoms with van der Waals surface area (Å²) in [5, 5.41) is 3.17. The Hall–Kier alpha value is -4.06. The molecule has 0 radical (unpaired) electrons. The molecule has 1 aliphatic rings. The maximum absolute atomic E-state index is 13.6. The first-order chi connectivity index (χ1) is 15.8. The molecule has 2 amide bonds. The molecule has 0 fully saturated rings. The predicted molar refractivity (Wildman–Crippen MR) is 130 cm³/mol. The fourth-order valence-corrected chi connectivity index (χ4v) is 3.76. The minimum atomic E-state index is -0.418. The lowest BCUT2D eigenvalue weighted by molar-refractivity contribution is -0.120. The second kappa shape index (κ2) is 8.82. The number of methoxy groups -OCH3 is 2. The van der Waals surface area contributed by atoms with Crippen LogP contribution >= 0.6 is 0 Å². The molecule has 3 aromatic rings. The van der Waals surface area contributed by atoms with Crippen LogP contribution in [0.25, 0.3) is 5.57 Å². The van der Waals surface area contributed by atoms with Gasteiger partial charge in [0.2, 0.25) is 0 Å². The molecule has 1 heterocycles. The Bertz CT molecular complexity index is 1250. The highest BCUT2D eigenvalue weighted by Crippen LogP contribution is 2.36. The highest BCUT2D eigenvalue weighted by Gasteiger charge is 2.40. The molecule has 0 saturated heterocycles. The fourth-order valence-electron chi connectivity index (χ4n) is 3.76. The maximum Gasteiger partial charge on any atom is 0.282 e. The van der Waals surface area contributed by atoms with Crippen molar-refractivity contribution in [3.63, 3.8) is 0 Å². The summed E-state index contributed by atoms with van der Waals surface area (Å²) in [6.45, 7) is 5.95. The summed E-state index contributed by atoms with van der Waals surface area (Å²) in [5.74, 6) is 0.345. The molecular formula is C27H26N2O4. The molecule has 1 N–H and O–H groups in total. The van der Waals surface area contributed by atoms with Gasteiger partial charge < -0.3 is 14.8 Å². The normalized spacial score (nSPS) is 13.5. The van der Waals surface area contributed by atoms with E-state index in [4.69, 9.17) is 9.47 Å². The molecule has 6 nitrogen and oxygen atoms in total. The summed E-state index contributed by atoms with van der Waals surface area (Å²) >= 11 is 0. The Morgan fingerprint density at radius 1 is 0.727 bits per heavy atom. The molecule has 168 valence electrons. The molecule has 0 bridgehead atoms. The molecule has 0 unspecified atom stereocenters. The van der Waals surface area contributed by atoms with Crippen LogP contribution in [0.1, 0.15) is 22.3 Å². The number of hydrogen-bond acceptors (Lipinski definition) is 5. The summed E-state index contributed by atoms with van der Waals surface area (Å²) in [5.41, 5.74) is 5.51. The van der Waals surface area contributed by atoms with Gasteiger partial charge in [0.1, 0.15) is 17.2 Å². The van der Waals surface area contributed by atoms with Crippen LogP contribution in [0.4, 0.5) is 11.4 Å². The Balaban J connectivity index is 1.85. The summed E-state index contributed by atoms with van der Waals surface area (Å²) in [7, 11) is 3.11. The van der Waals surface area contributed by atoms with Crippen molar-refractivity contribution in [2.45, 2.75) is 20.8 Å². The summed E-state index contributed by atoms with van der Waals surface area (Å²) in [6, 6.07) is 18.3. The number of amides is 2. The van der Waals surface area contributed by atoms with E-state index in [9.17, 15) is 9.59 Å². The molecule has 4 rings (SSSR count). The van der Waals surface area contributed by atoms with Crippen molar-refractivity contribution in [2.75, 3.05) is 24.4 Å². The first-order valence-electron chi connectivity index (χ1n) is 10.6. The van der Waals surface area contributed by atoms with Gasteiger partial charge in [0, 0.05) is 23.9 Å². The predicted octanol–water partition coefficient (Wildman–Crippen LogP) is 5.03. The molecule has 0 spiro atoms. The number of benzene rings is 3. The van der Waals surface area contributed by atoms with Crippen molar-refractivity contribution in [3.05, 3.63) is 88.6 Å². The molecule has 6 heteroatoms. The van der Waals surface area contributed by atoms with Crippen molar-refractivity contribution in [2.24, 2.45) is 0 Å². The Labute approximate surface area is 193 Å². The van der Waals surface area contributed by atoms with Crippen molar-refractivity contribution < 1.29 is 19.1 Å². The number of carbonyl (C=O) groups excluding carboxylic acids is 2. The molecule has 0 aromatic heterocycles. The lowest BCUT2D eigenvalue weighted by Gasteiger charge is -2.16. The minimum Gasteiger partial charge on any atom is -0.497 e. The molecule has 0 aliphatic carbocycles. The number of nitrogens with zero attached hydrogens (tertiary/aromatic N) is 1. The molecule has 0 saturated carbocycles. The first kappa shape index (κ1) is 22.1. The van der Waals surface area contributed by atoms with E-state index >= 15 is 0 Å². The third-order valence-electron chi connectivity index (χ3n) is 5.79. The van der Waals surface area contributed by atoms with Gasteiger partial charge in [0.15, 0.2) is 0 Å². The van der Waals surface area contributed by atoms with Crippen LogP contribution in [-0.4, -0.2) is 26.0 Å². The van der Waals surface area contributed by atoms with Gasteiger partial charge in [-0.05, 0) is 49.6 Å². The fraction of sp³-hybridized carbons (Fsp3) is 0.185. The van der Waals surface area contributed by atoms with E-state index in [0.29, 0.717) is 34.0 Å². The number of carbonyl (C=O) groups is 2. The van der Waals surface area contributed by atoms with E-state index in [2.05, 4.69) is 5.32 Å². The number of anilines is 2. The monoisotopic (exact) mass is 442 g/mol. The molecule has 0 atom stereocenters. The van der Waals surface area contributed by atoms with Gasteiger partial charge in [-0.15, -0.1) is 0 Å². The van der Waals surface area contributed by atoms with Gasteiger partial charge in [-0.2, -0.15) is 0 Å². The van der Waals surface area contributed by atoms with Crippen LogP contribution in [0.2, 0.25) is 0 Å². The van der Waals surface area contributed by atoms with Crippen LogP contribution < -0.4 is 19.7 Å². The number of rotatable bonds is 6. The quantitative estimate of drug-likeness (QED) is 0.543. The highest BCUT2D eigenvalue weighted by molar-refractivity contribution is 6.46. The zero-order valence-electron chi connectivity index (χ0n) is 19.4. The number of ether oxygens (including phenoxy) is 2. The van der Waals surface area contributed by atoms with Gasteiger partial charge in [-0.25, -0.2) is 4.90 Å². The minimum absolute atomic E-state index is 0.208. The summed E-state index contributed by atoms with van der Waals surface area (Å²) < 4.78 is 10.7. The molecule has 3 aromatic carbocycles. The van der Waals surface area contributed by atoms with Gasteiger partial charge in [0.05, 0.1) is 25.5 Å². The van der Waals surface area contributed by atoms with E-state index in [1.165, 1.54) is 4.90 Å². The van der Waals surface area contributed by atoms with Gasteiger partial charge >= 0.3 is 0 Å². The highest BCUT2D eigenvalue weighted by atomic mass is 16.5. The largest absolute Gasteiger partial charge is 0.497 e. The third-order valence-corrected chi connectivity index (χ3v) is 5.79. The number of imide groups is 1. The molecule has 33 heavy (non-hydrogen) atoms. The van der Waals surface area contributed by atoms with Crippen LogP contribution in [0.15, 0.2) is 66.4 Å². The average molecular weight is 443 g/mol. The lowest BCUT2D eigenvalue weighted by Crippen LogP contribution is -2.32. The summed E-state index contributed by atoms with van der Waals surface area (Å²) in [4.78, 5) is 28.4. The van der Waals surface area contributed by atoms with E-state index in [1.54, 1.807) is 44.6 Å². The van der Waals surface area contributed by atoms with Crippen molar-refractivity contribution in [3.8, 4) is 11.5 Å². The van der Waals surface area contributed by atoms with Crippen molar-refractivity contribution in [1.29, 1.82) is 0 Å². The SMILES string of the molecule is COc1cc(NC2=C(c3ccc(C)c(C)c3)C(=O)N(c3ccc(C)cc3)C2=O)cc(OC)c1. The maximum atomic E-state index is 13.6. The van der Waals surface area contributed by atoms with Crippen molar-refractivity contribution >= 4 is 28.8 Å². The summed E-state index contributed by atoms with van der Waals surface area (Å²) in [6.07, 6.45) is 0. The average Bonchev–Trinajstić information content (AvgIpc) is 3.05. The van der Waals surface area contributed by atoms with Gasteiger partial charge in [-0.3, -0.25) is 9.59 Å².